The van der Waals surface area contributed by atoms with Crippen LogP contribution in [0, 0.1) is 5.92 Å². The summed E-state index contributed by atoms with van der Waals surface area (Å²) in [5.41, 5.74) is 0.0371. The van der Waals surface area contributed by atoms with E-state index in [1.165, 1.54) is 4.90 Å². The number of benzene rings is 1. The van der Waals surface area contributed by atoms with Crippen molar-refractivity contribution in [3.05, 3.63) is 35.9 Å². The van der Waals surface area contributed by atoms with Gasteiger partial charge in [-0.2, -0.15) is 0 Å². The molecule has 1 heterocycles. The van der Waals surface area contributed by atoms with Crippen LogP contribution in [0.2, 0.25) is 0 Å². The summed E-state index contributed by atoms with van der Waals surface area (Å²) in [5, 5.41) is 9.57. The van der Waals surface area contributed by atoms with E-state index in [1.54, 1.807) is 0 Å². The van der Waals surface area contributed by atoms with Crippen molar-refractivity contribution in [3.63, 3.8) is 0 Å². The smallest absolute Gasteiger partial charge is 0.240 e. The molecule has 2 atom stereocenters. The number of amides is 2. The van der Waals surface area contributed by atoms with Crippen LogP contribution >= 0.6 is 0 Å². The van der Waals surface area contributed by atoms with Gasteiger partial charge in [0.05, 0.1) is 18.1 Å². The van der Waals surface area contributed by atoms with Gasteiger partial charge in [-0.3, -0.25) is 14.5 Å². The van der Waals surface area contributed by atoms with Crippen molar-refractivity contribution in [3.8, 4) is 0 Å². The number of hydrogen-bond acceptors (Lipinski definition) is 3. The highest BCUT2D eigenvalue weighted by atomic mass is 16.3. The van der Waals surface area contributed by atoms with Gasteiger partial charge >= 0.3 is 0 Å². The van der Waals surface area contributed by atoms with Gasteiger partial charge in [-0.15, -0.1) is 0 Å². The van der Waals surface area contributed by atoms with Crippen molar-refractivity contribution in [2.75, 3.05) is 6.61 Å². The third kappa shape index (κ3) is 2.86. The number of imide groups is 1. The standard InChI is InChI=1S/C17H23NO3/c1-12(2)9-14(11-19)18-15(20)10-17(3,16(18)21)13-7-5-4-6-8-13/h4-8,12,14,19H,9-11H2,1-3H3. The number of aliphatic hydroxyl groups is 1. The molecule has 4 heteroatoms. The molecule has 4 nitrogen and oxygen atoms in total. The zero-order valence-corrected chi connectivity index (χ0v) is 12.9. The van der Waals surface area contributed by atoms with E-state index in [1.807, 2.05) is 51.1 Å². The number of likely N-dealkylation sites (tertiary alicyclic amines) is 1. The van der Waals surface area contributed by atoms with E-state index in [-0.39, 0.29) is 24.8 Å². The Kier molecular flexibility index (Phi) is 4.47. The number of nitrogens with zero attached hydrogens (tertiary/aromatic N) is 1. The normalized spacial score (nSPS) is 24.0. The van der Waals surface area contributed by atoms with Gasteiger partial charge in [-0.1, -0.05) is 44.2 Å². The zero-order valence-electron chi connectivity index (χ0n) is 12.9. The minimum absolute atomic E-state index is 0.171. The molecule has 0 bridgehead atoms. The lowest BCUT2D eigenvalue weighted by atomic mass is 9.81. The summed E-state index contributed by atoms with van der Waals surface area (Å²) < 4.78 is 0. The Morgan fingerprint density at radius 2 is 1.86 bits per heavy atom. The first-order valence-electron chi connectivity index (χ1n) is 7.43. The Labute approximate surface area is 125 Å². The van der Waals surface area contributed by atoms with E-state index in [0.717, 1.165) is 5.56 Å². The van der Waals surface area contributed by atoms with Crippen LogP contribution in [0.4, 0.5) is 0 Å². The maximum atomic E-state index is 12.8. The lowest BCUT2D eigenvalue weighted by molar-refractivity contribution is -0.143. The van der Waals surface area contributed by atoms with Gasteiger partial charge in [0, 0.05) is 6.42 Å². The molecule has 0 radical (unpaired) electrons. The second-order valence-corrected chi connectivity index (χ2v) is 6.41. The number of rotatable bonds is 5. The van der Waals surface area contributed by atoms with Gasteiger partial charge in [0.15, 0.2) is 0 Å². The van der Waals surface area contributed by atoms with E-state index in [9.17, 15) is 14.7 Å². The summed E-state index contributed by atoms with van der Waals surface area (Å²) in [6.07, 6.45) is 0.795. The van der Waals surface area contributed by atoms with Crippen LogP contribution < -0.4 is 0 Å². The molecule has 0 aromatic heterocycles. The molecule has 0 saturated carbocycles. The molecular formula is C17H23NO3. The summed E-state index contributed by atoms with van der Waals surface area (Å²) in [6, 6.07) is 8.98. The Morgan fingerprint density at radius 1 is 1.24 bits per heavy atom. The Bertz CT molecular complexity index is 526. The monoisotopic (exact) mass is 289 g/mol. The largest absolute Gasteiger partial charge is 0.394 e. The highest BCUT2D eigenvalue weighted by molar-refractivity contribution is 6.09. The van der Waals surface area contributed by atoms with Crippen LogP contribution in [0.15, 0.2) is 30.3 Å². The molecule has 114 valence electrons. The van der Waals surface area contributed by atoms with Crippen molar-refractivity contribution >= 4 is 11.8 Å². The second kappa shape index (κ2) is 5.98. The molecule has 1 aliphatic heterocycles. The minimum atomic E-state index is -0.817. The molecule has 2 rings (SSSR count). The predicted octanol–water partition coefficient (Wildman–Crippen LogP) is 2.11. The van der Waals surface area contributed by atoms with Gasteiger partial charge in [0.2, 0.25) is 11.8 Å². The van der Waals surface area contributed by atoms with Crippen molar-refractivity contribution < 1.29 is 14.7 Å². The fourth-order valence-corrected chi connectivity index (χ4v) is 3.05. The van der Waals surface area contributed by atoms with E-state index in [0.29, 0.717) is 12.3 Å². The lowest BCUT2D eigenvalue weighted by Gasteiger charge is -2.28. The van der Waals surface area contributed by atoms with E-state index < -0.39 is 11.5 Å². The number of hydrogen-bond donors (Lipinski definition) is 1. The van der Waals surface area contributed by atoms with Gasteiger partial charge < -0.3 is 5.11 Å². The SMILES string of the molecule is CC(C)CC(CO)N1C(=O)CC(C)(c2ccccc2)C1=O. The van der Waals surface area contributed by atoms with Crippen molar-refractivity contribution in [1.82, 2.24) is 4.90 Å². The highest BCUT2D eigenvalue weighted by Gasteiger charge is 2.51. The summed E-state index contributed by atoms with van der Waals surface area (Å²) in [6.45, 7) is 5.67. The Hall–Kier alpha value is -1.68. The minimum Gasteiger partial charge on any atom is -0.394 e. The molecule has 1 aromatic carbocycles. The van der Waals surface area contributed by atoms with Crippen molar-refractivity contribution in [2.24, 2.45) is 5.92 Å². The summed E-state index contributed by atoms with van der Waals surface area (Å²) in [5.74, 6) is -0.0733. The van der Waals surface area contributed by atoms with E-state index >= 15 is 0 Å². The van der Waals surface area contributed by atoms with Crippen LogP contribution in [0.3, 0.4) is 0 Å². The first-order valence-corrected chi connectivity index (χ1v) is 7.43. The molecule has 21 heavy (non-hydrogen) atoms. The van der Waals surface area contributed by atoms with Crippen molar-refractivity contribution in [1.29, 1.82) is 0 Å². The maximum Gasteiger partial charge on any atom is 0.240 e. The van der Waals surface area contributed by atoms with Crippen molar-refractivity contribution in [2.45, 2.75) is 45.1 Å². The van der Waals surface area contributed by atoms with Gasteiger partial charge in [-0.25, -0.2) is 0 Å². The molecule has 1 fully saturated rings. The number of carbonyl (C=O) groups excluding carboxylic acids is 2. The molecule has 2 amide bonds. The summed E-state index contributed by atoms with van der Waals surface area (Å²) in [7, 11) is 0. The van der Waals surface area contributed by atoms with Gasteiger partial charge in [0.25, 0.3) is 0 Å². The average Bonchev–Trinajstić information content (AvgIpc) is 2.68. The van der Waals surface area contributed by atoms with Gasteiger partial charge in [-0.05, 0) is 24.8 Å². The molecule has 1 N–H and O–H groups in total. The van der Waals surface area contributed by atoms with Crippen LogP contribution in [0.25, 0.3) is 0 Å². The topological polar surface area (TPSA) is 57.6 Å². The Morgan fingerprint density at radius 3 is 2.38 bits per heavy atom. The molecule has 1 aliphatic rings. The van der Waals surface area contributed by atoms with Crippen LogP contribution in [-0.2, 0) is 15.0 Å². The fourth-order valence-electron chi connectivity index (χ4n) is 3.05. The summed E-state index contributed by atoms with van der Waals surface area (Å²) in [4.78, 5) is 26.4. The first kappa shape index (κ1) is 15.7. The number of aliphatic hydroxyl groups excluding tert-OH is 1. The molecule has 0 spiro atoms. The average molecular weight is 289 g/mol. The van der Waals surface area contributed by atoms with E-state index in [2.05, 4.69) is 0 Å². The molecular weight excluding hydrogens is 266 g/mol. The lowest BCUT2D eigenvalue weighted by Crippen LogP contribution is -2.45. The maximum absolute atomic E-state index is 12.8. The summed E-state index contributed by atoms with van der Waals surface area (Å²) >= 11 is 0. The van der Waals surface area contributed by atoms with E-state index in [4.69, 9.17) is 0 Å². The quantitative estimate of drug-likeness (QED) is 0.845. The van der Waals surface area contributed by atoms with Crippen LogP contribution in [0.5, 0.6) is 0 Å². The molecule has 1 saturated heterocycles. The van der Waals surface area contributed by atoms with Crippen LogP contribution in [-0.4, -0.2) is 34.5 Å². The predicted molar refractivity (Wildman–Crippen MR) is 80.6 cm³/mol. The van der Waals surface area contributed by atoms with Crippen LogP contribution in [0.1, 0.15) is 39.2 Å². The third-order valence-corrected chi connectivity index (χ3v) is 4.19. The second-order valence-electron chi connectivity index (χ2n) is 6.41. The highest BCUT2D eigenvalue weighted by Crippen LogP contribution is 2.37. The van der Waals surface area contributed by atoms with Gasteiger partial charge in [0.1, 0.15) is 0 Å². The Balaban J connectivity index is 2.32. The molecule has 1 aromatic rings. The third-order valence-electron chi connectivity index (χ3n) is 4.19. The molecule has 2 unspecified atom stereocenters. The zero-order chi connectivity index (χ0) is 15.6. The fraction of sp³-hybridized carbons (Fsp3) is 0.529. The number of carbonyl (C=O) groups is 2. The molecule has 0 aliphatic carbocycles. The first-order chi connectivity index (χ1) is 9.90.